The first-order valence-electron chi connectivity index (χ1n) is 9.26. The van der Waals surface area contributed by atoms with Gasteiger partial charge in [-0.25, -0.2) is 0 Å². The normalized spacial score (nSPS) is 42.4. The number of ketones is 2. The lowest BCUT2D eigenvalue weighted by molar-refractivity contribution is -0.325. The molecule has 0 aromatic rings. The molecule has 1 aliphatic heterocycles. The van der Waals surface area contributed by atoms with Crippen molar-refractivity contribution in [3.05, 3.63) is 11.6 Å². The summed E-state index contributed by atoms with van der Waals surface area (Å²) in [5.74, 6) is -1.37. The summed E-state index contributed by atoms with van der Waals surface area (Å²) in [7, 11) is 0. The summed E-state index contributed by atoms with van der Waals surface area (Å²) < 4.78 is 11.3. The van der Waals surface area contributed by atoms with Crippen molar-refractivity contribution in [3.63, 3.8) is 0 Å². The Morgan fingerprint density at radius 3 is 2.25 bits per heavy atom. The predicted octanol–water partition coefficient (Wildman–Crippen LogP) is -1.17. The quantitative estimate of drug-likeness (QED) is 0.283. The Kier molecular flexibility index (Phi) is 6.82. The molecule has 7 atom stereocenters. The third kappa shape index (κ3) is 4.51. The molecule has 1 heterocycles. The van der Waals surface area contributed by atoms with Crippen LogP contribution in [-0.4, -0.2) is 86.1 Å². The molecule has 160 valence electrons. The lowest BCUT2D eigenvalue weighted by Crippen LogP contribution is -2.61. The fourth-order valence-electron chi connectivity index (χ4n) is 4.16. The van der Waals surface area contributed by atoms with Crippen molar-refractivity contribution < 1.29 is 44.6 Å². The second kappa shape index (κ2) is 8.27. The van der Waals surface area contributed by atoms with E-state index in [1.807, 2.05) is 0 Å². The van der Waals surface area contributed by atoms with Gasteiger partial charge in [-0.15, -0.1) is 0 Å². The molecule has 1 saturated carbocycles. The third-order valence-corrected chi connectivity index (χ3v) is 5.52. The van der Waals surface area contributed by atoms with Crippen molar-refractivity contribution in [1.82, 2.24) is 0 Å². The van der Waals surface area contributed by atoms with E-state index in [4.69, 9.17) is 9.47 Å². The van der Waals surface area contributed by atoms with E-state index in [-0.39, 0.29) is 6.42 Å². The first-order valence-corrected chi connectivity index (χ1v) is 9.26. The van der Waals surface area contributed by atoms with Gasteiger partial charge in [0.1, 0.15) is 24.4 Å². The summed E-state index contributed by atoms with van der Waals surface area (Å²) in [4.78, 5) is 23.6. The minimum Gasteiger partial charge on any atom is -0.394 e. The highest BCUT2D eigenvalue weighted by Crippen LogP contribution is 2.48. The Hall–Kier alpha value is -1.20. The second-order valence-electron chi connectivity index (χ2n) is 8.47. The largest absolute Gasteiger partial charge is 0.394 e. The van der Waals surface area contributed by atoms with E-state index in [0.29, 0.717) is 12.0 Å². The van der Waals surface area contributed by atoms with Crippen LogP contribution < -0.4 is 0 Å². The Morgan fingerprint density at radius 1 is 1.11 bits per heavy atom. The number of carbonyl (C=O) groups excluding carboxylic acids is 2. The van der Waals surface area contributed by atoms with Gasteiger partial charge in [-0.1, -0.05) is 13.8 Å². The first kappa shape index (κ1) is 23.1. The number of Topliss-reactive ketones (excluding diaryl/α,β-unsaturated/α-hetero) is 1. The molecular weight excluding hydrogens is 372 g/mol. The van der Waals surface area contributed by atoms with Crippen molar-refractivity contribution in [2.75, 3.05) is 6.61 Å². The van der Waals surface area contributed by atoms with Crippen LogP contribution in [0.1, 0.15) is 40.5 Å². The second-order valence-corrected chi connectivity index (χ2v) is 8.47. The van der Waals surface area contributed by atoms with Gasteiger partial charge in [0.2, 0.25) is 5.78 Å². The van der Waals surface area contributed by atoms with E-state index in [1.165, 1.54) is 6.08 Å². The molecule has 1 aliphatic carbocycles. The molecule has 5 N–H and O–H groups in total. The van der Waals surface area contributed by atoms with Crippen LogP contribution >= 0.6 is 0 Å². The molecule has 9 nitrogen and oxygen atoms in total. The van der Waals surface area contributed by atoms with E-state index in [1.54, 1.807) is 20.8 Å². The van der Waals surface area contributed by atoms with Crippen LogP contribution in [0.3, 0.4) is 0 Å². The number of rotatable bonds is 5. The number of aliphatic hydroxyl groups excluding tert-OH is 5. The third-order valence-electron chi connectivity index (χ3n) is 5.52. The Morgan fingerprint density at radius 2 is 1.71 bits per heavy atom. The summed E-state index contributed by atoms with van der Waals surface area (Å²) >= 11 is 0. The Labute approximate surface area is 163 Å². The summed E-state index contributed by atoms with van der Waals surface area (Å²) in [6.45, 7) is 5.73. The van der Waals surface area contributed by atoms with Crippen LogP contribution in [0.15, 0.2) is 11.6 Å². The molecule has 0 aromatic heterocycles. The fraction of sp³-hybridized carbons (Fsp3) is 0.789. The number of carbonyl (C=O) groups is 2. The van der Waals surface area contributed by atoms with Crippen molar-refractivity contribution in [3.8, 4) is 0 Å². The summed E-state index contributed by atoms with van der Waals surface area (Å²) in [5, 5.41) is 49.9. The number of aliphatic hydroxyl groups is 5. The van der Waals surface area contributed by atoms with Gasteiger partial charge in [-0.3, -0.25) is 9.59 Å². The molecular formula is C19H30O9. The Balaban J connectivity index is 2.40. The highest BCUT2D eigenvalue weighted by Gasteiger charge is 2.51. The van der Waals surface area contributed by atoms with Crippen LogP contribution in [-0.2, 0) is 19.1 Å². The lowest BCUT2D eigenvalue weighted by atomic mass is 9.64. The number of ether oxygens (including phenoxy) is 2. The number of hydrogen-bond donors (Lipinski definition) is 5. The number of hydrogen-bond acceptors (Lipinski definition) is 9. The summed E-state index contributed by atoms with van der Waals surface area (Å²) in [5.41, 5.74) is -1.56. The van der Waals surface area contributed by atoms with Crippen molar-refractivity contribution in [2.45, 2.75) is 82.9 Å². The van der Waals surface area contributed by atoms with Gasteiger partial charge < -0.3 is 35.0 Å². The zero-order chi connectivity index (χ0) is 21.4. The molecule has 0 bridgehead atoms. The zero-order valence-corrected chi connectivity index (χ0v) is 16.5. The molecule has 0 aromatic carbocycles. The molecule has 9 heteroatoms. The molecule has 0 amide bonds. The number of allylic oxidation sites excluding steroid dienone is 1. The maximum atomic E-state index is 12.1. The van der Waals surface area contributed by atoms with Gasteiger partial charge in [-0.2, -0.15) is 0 Å². The van der Waals surface area contributed by atoms with Gasteiger partial charge >= 0.3 is 0 Å². The SMILES string of the molecule is CC(=O)C(=O)/C=C1\C(C)(C)CC(O)CC1(C)O[C@@H]1O[C@H](CO)[C@@H](O)[C@H](O)[C@H]1O. The topological polar surface area (TPSA) is 154 Å². The molecule has 2 rings (SSSR count). The maximum Gasteiger partial charge on any atom is 0.221 e. The molecule has 0 spiro atoms. The van der Waals surface area contributed by atoms with Gasteiger partial charge in [0.15, 0.2) is 12.1 Å². The zero-order valence-electron chi connectivity index (χ0n) is 16.5. The molecule has 2 aliphatic rings. The van der Waals surface area contributed by atoms with E-state index in [2.05, 4.69) is 0 Å². The first-order chi connectivity index (χ1) is 12.8. The van der Waals surface area contributed by atoms with E-state index in [9.17, 15) is 35.1 Å². The molecule has 2 unspecified atom stereocenters. The maximum absolute atomic E-state index is 12.1. The minimum atomic E-state index is -1.62. The Bertz CT molecular complexity index is 641. The lowest BCUT2D eigenvalue weighted by Gasteiger charge is -2.50. The van der Waals surface area contributed by atoms with Gasteiger partial charge in [0.25, 0.3) is 0 Å². The summed E-state index contributed by atoms with van der Waals surface area (Å²) in [6.07, 6.45) is -6.56. The average Bonchev–Trinajstić information content (AvgIpc) is 2.57. The summed E-state index contributed by atoms with van der Waals surface area (Å²) in [6, 6.07) is 0. The van der Waals surface area contributed by atoms with Crippen LogP contribution in [0.5, 0.6) is 0 Å². The van der Waals surface area contributed by atoms with Crippen LogP contribution in [0, 0.1) is 5.41 Å². The van der Waals surface area contributed by atoms with Gasteiger partial charge in [0.05, 0.1) is 18.3 Å². The minimum absolute atomic E-state index is 0.0580. The van der Waals surface area contributed by atoms with E-state index < -0.39 is 66.0 Å². The monoisotopic (exact) mass is 402 g/mol. The molecule has 2 fully saturated rings. The van der Waals surface area contributed by atoms with E-state index >= 15 is 0 Å². The van der Waals surface area contributed by atoms with Gasteiger partial charge in [0, 0.05) is 13.3 Å². The van der Waals surface area contributed by atoms with Gasteiger partial charge in [-0.05, 0) is 30.4 Å². The molecule has 28 heavy (non-hydrogen) atoms. The van der Waals surface area contributed by atoms with Crippen molar-refractivity contribution >= 4 is 11.6 Å². The van der Waals surface area contributed by atoms with Crippen molar-refractivity contribution in [2.24, 2.45) is 5.41 Å². The highest BCUT2D eigenvalue weighted by molar-refractivity contribution is 6.40. The average molecular weight is 402 g/mol. The smallest absolute Gasteiger partial charge is 0.221 e. The van der Waals surface area contributed by atoms with Crippen molar-refractivity contribution in [1.29, 1.82) is 0 Å². The van der Waals surface area contributed by atoms with E-state index in [0.717, 1.165) is 6.92 Å². The standard InChI is InChI=1S/C19H30O9/c1-9(21)11(23)5-13-18(2,3)6-10(22)7-19(13,4)28-17-16(26)15(25)14(24)12(8-20)27-17/h5,10,12,14-17,20,22,24-26H,6-8H2,1-4H3/b13-5+/t10?,12-,14-,15+,16-,17+,19?/m1/s1. The molecule has 1 saturated heterocycles. The van der Waals surface area contributed by atoms with Crippen LogP contribution in [0.4, 0.5) is 0 Å². The van der Waals surface area contributed by atoms with Crippen LogP contribution in [0.2, 0.25) is 0 Å². The molecule has 0 radical (unpaired) electrons. The fourth-order valence-corrected chi connectivity index (χ4v) is 4.16. The highest BCUT2D eigenvalue weighted by atomic mass is 16.7. The predicted molar refractivity (Wildman–Crippen MR) is 96.1 cm³/mol. The van der Waals surface area contributed by atoms with Crippen LogP contribution in [0.25, 0.3) is 0 Å².